The number of hydrogen-bond donors (Lipinski definition) is 0. The molecule has 0 N–H and O–H groups in total. The molecule has 0 spiro atoms. The first-order valence-electron chi connectivity index (χ1n) is 7.12. The van der Waals surface area contributed by atoms with Gasteiger partial charge in [0.1, 0.15) is 0 Å². The molecular formula is C14H26N2O. The second kappa shape index (κ2) is 5.38. The fraction of sp³-hybridized carbons (Fsp3) is 0.929. The standard InChI is InChI=1S/C14H26N2O/c1-11(2)15-9-7-14(8-10-15)16(12(3)17)13-5-4-6-13/h11,13-14H,4-10H2,1-3H3. The molecule has 2 fully saturated rings. The fourth-order valence-electron chi connectivity index (χ4n) is 3.16. The number of piperidine rings is 1. The van der Waals surface area contributed by atoms with Gasteiger partial charge in [0, 0.05) is 38.1 Å². The van der Waals surface area contributed by atoms with Crippen LogP contribution in [-0.4, -0.2) is 46.9 Å². The zero-order chi connectivity index (χ0) is 12.4. The topological polar surface area (TPSA) is 23.6 Å². The summed E-state index contributed by atoms with van der Waals surface area (Å²) in [6, 6.07) is 1.71. The zero-order valence-corrected chi connectivity index (χ0v) is 11.5. The molecule has 2 rings (SSSR count). The van der Waals surface area contributed by atoms with E-state index in [1.54, 1.807) is 6.92 Å². The highest BCUT2D eigenvalue weighted by molar-refractivity contribution is 5.74. The van der Waals surface area contributed by atoms with Gasteiger partial charge >= 0.3 is 0 Å². The summed E-state index contributed by atoms with van der Waals surface area (Å²) >= 11 is 0. The highest BCUT2D eigenvalue weighted by atomic mass is 16.2. The third-order valence-corrected chi connectivity index (χ3v) is 4.45. The van der Waals surface area contributed by atoms with Crippen molar-refractivity contribution in [2.24, 2.45) is 0 Å². The molecule has 1 aliphatic carbocycles. The molecule has 2 aliphatic rings. The minimum atomic E-state index is 0.290. The Bertz CT molecular complexity index is 265. The number of nitrogens with zero attached hydrogens (tertiary/aromatic N) is 2. The molecule has 0 atom stereocenters. The van der Waals surface area contributed by atoms with Crippen molar-refractivity contribution in [1.29, 1.82) is 0 Å². The monoisotopic (exact) mass is 238 g/mol. The predicted octanol–water partition coefficient (Wildman–Crippen LogP) is 2.26. The summed E-state index contributed by atoms with van der Waals surface area (Å²) in [5.74, 6) is 0.290. The van der Waals surface area contributed by atoms with Crippen LogP contribution in [0.3, 0.4) is 0 Å². The third-order valence-electron chi connectivity index (χ3n) is 4.45. The van der Waals surface area contributed by atoms with Gasteiger partial charge in [-0.25, -0.2) is 0 Å². The van der Waals surface area contributed by atoms with E-state index in [1.165, 1.54) is 19.3 Å². The van der Waals surface area contributed by atoms with Crippen LogP contribution in [0.2, 0.25) is 0 Å². The smallest absolute Gasteiger partial charge is 0.219 e. The summed E-state index contributed by atoms with van der Waals surface area (Å²) in [5, 5.41) is 0. The third kappa shape index (κ3) is 2.82. The van der Waals surface area contributed by atoms with Gasteiger partial charge in [-0.3, -0.25) is 4.79 Å². The summed E-state index contributed by atoms with van der Waals surface area (Å²) in [4.78, 5) is 16.5. The van der Waals surface area contributed by atoms with Gasteiger partial charge in [-0.15, -0.1) is 0 Å². The average Bonchev–Trinajstić information content (AvgIpc) is 2.23. The summed E-state index contributed by atoms with van der Waals surface area (Å²) in [7, 11) is 0. The van der Waals surface area contributed by atoms with Crippen LogP contribution < -0.4 is 0 Å². The van der Waals surface area contributed by atoms with Crippen molar-refractivity contribution in [3.8, 4) is 0 Å². The van der Waals surface area contributed by atoms with Crippen LogP contribution in [0.5, 0.6) is 0 Å². The van der Waals surface area contributed by atoms with Gasteiger partial charge in [-0.05, 0) is 46.0 Å². The van der Waals surface area contributed by atoms with Crippen molar-refractivity contribution in [2.45, 2.75) is 71.0 Å². The highest BCUT2D eigenvalue weighted by Crippen LogP contribution is 2.30. The van der Waals surface area contributed by atoms with Crippen LogP contribution in [0, 0.1) is 0 Å². The van der Waals surface area contributed by atoms with E-state index in [9.17, 15) is 4.79 Å². The molecule has 98 valence electrons. The van der Waals surface area contributed by atoms with Crippen LogP contribution in [-0.2, 0) is 4.79 Å². The van der Waals surface area contributed by atoms with E-state index in [0.29, 0.717) is 18.1 Å². The van der Waals surface area contributed by atoms with Crippen LogP contribution in [0.1, 0.15) is 52.9 Å². The fourth-order valence-corrected chi connectivity index (χ4v) is 3.16. The van der Waals surface area contributed by atoms with Crippen molar-refractivity contribution < 1.29 is 4.79 Å². The maximum absolute atomic E-state index is 11.8. The van der Waals surface area contributed by atoms with Crippen molar-refractivity contribution in [2.75, 3.05) is 13.1 Å². The lowest BCUT2D eigenvalue weighted by Gasteiger charge is -2.46. The SMILES string of the molecule is CC(=O)N(C1CCC1)C1CCN(C(C)C)CC1. The maximum Gasteiger partial charge on any atom is 0.219 e. The number of rotatable bonds is 3. The lowest BCUT2D eigenvalue weighted by Crippen LogP contribution is -2.53. The Morgan fingerprint density at radius 2 is 1.65 bits per heavy atom. The Labute approximate surface area is 105 Å². The van der Waals surface area contributed by atoms with Crippen molar-refractivity contribution in [3.63, 3.8) is 0 Å². The van der Waals surface area contributed by atoms with Crippen LogP contribution in [0.15, 0.2) is 0 Å². The first-order valence-corrected chi connectivity index (χ1v) is 7.12. The number of hydrogen-bond acceptors (Lipinski definition) is 2. The van der Waals surface area contributed by atoms with Crippen molar-refractivity contribution >= 4 is 5.91 Å². The highest BCUT2D eigenvalue weighted by Gasteiger charge is 2.34. The molecule has 1 saturated carbocycles. The molecule has 0 aromatic carbocycles. The number of carbonyl (C=O) groups excluding carboxylic acids is 1. The van der Waals surface area contributed by atoms with Crippen LogP contribution in [0.25, 0.3) is 0 Å². The Morgan fingerprint density at radius 1 is 1.12 bits per heavy atom. The predicted molar refractivity (Wildman–Crippen MR) is 69.9 cm³/mol. The van der Waals surface area contributed by atoms with Gasteiger partial charge in [0.15, 0.2) is 0 Å². The molecular weight excluding hydrogens is 212 g/mol. The Balaban J connectivity index is 1.91. The number of likely N-dealkylation sites (tertiary alicyclic amines) is 1. The first-order chi connectivity index (χ1) is 8.09. The van der Waals surface area contributed by atoms with Crippen LogP contribution >= 0.6 is 0 Å². The van der Waals surface area contributed by atoms with Gasteiger partial charge in [-0.2, -0.15) is 0 Å². The van der Waals surface area contributed by atoms with E-state index in [-0.39, 0.29) is 5.91 Å². The molecule has 0 aromatic heterocycles. The molecule has 3 heteroatoms. The zero-order valence-electron chi connectivity index (χ0n) is 11.5. The molecule has 0 radical (unpaired) electrons. The molecule has 1 saturated heterocycles. The summed E-state index contributed by atoms with van der Waals surface area (Å²) in [5.41, 5.74) is 0. The summed E-state index contributed by atoms with van der Waals surface area (Å²) in [6.07, 6.45) is 6.08. The van der Waals surface area contributed by atoms with Gasteiger partial charge in [0.25, 0.3) is 0 Å². The molecule has 1 heterocycles. The maximum atomic E-state index is 11.8. The van der Waals surface area contributed by atoms with E-state index in [1.807, 2.05) is 0 Å². The Hall–Kier alpha value is -0.570. The van der Waals surface area contributed by atoms with E-state index < -0.39 is 0 Å². The number of amides is 1. The lowest BCUT2D eigenvalue weighted by molar-refractivity contribution is -0.137. The summed E-state index contributed by atoms with van der Waals surface area (Å²) in [6.45, 7) is 8.56. The quantitative estimate of drug-likeness (QED) is 0.753. The normalized spacial score (nSPS) is 23.8. The molecule has 0 aromatic rings. The number of carbonyl (C=O) groups is 1. The van der Waals surface area contributed by atoms with Gasteiger partial charge in [-0.1, -0.05) is 0 Å². The van der Waals surface area contributed by atoms with E-state index in [0.717, 1.165) is 25.9 Å². The summed E-state index contributed by atoms with van der Waals surface area (Å²) < 4.78 is 0. The molecule has 3 nitrogen and oxygen atoms in total. The Morgan fingerprint density at radius 3 is 2.00 bits per heavy atom. The molecule has 0 unspecified atom stereocenters. The van der Waals surface area contributed by atoms with E-state index >= 15 is 0 Å². The Kier molecular flexibility index (Phi) is 4.08. The average molecular weight is 238 g/mol. The van der Waals surface area contributed by atoms with E-state index in [2.05, 4.69) is 23.6 Å². The molecule has 1 aliphatic heterocycles. The van der Waals surface area contributed by atoms with Gasteiger partial charge in [0.05, 0.1) is 0 Å². The first kappa shape index (κ1) is 12.9. The minimum Gasteiger partial charge on any atom is -0.337 e. The second-order valence-electron chi connectivity index (χ2n) is 5.87. The van der Waals surface area contributed by atoms with Gasteiger partial charge < -0.3 is 9.80 Å². The van der Waals surface area contributed by atoms with E-state index in [4.69, 9.17) is 0 Å². The minimum absolute atomic E-state index is 0.290. The largest absolute Gasteiger partial charge is 0.337 e. The van der Waals surface area contributed by atoms with Gasteiger partial charge in [0.2, 0.25) is 5.91 Å². The van der Waals surface area contributed by atoms with Crippen molar-refractivity contribution in [1.82, 2.24) is 9.80 Å². The lowest BCUT2D eigenvalue weighted by atomic mass is 9.88. The second-order valence-corrected chi connectivity index (χ2v) is 5.87. The molecule has 0 bridgehead atoms. The van der Waals surface area contributed by atoms with Crippen LogP contribution in [0.4, 0.5) is 0 Å². The molecule has 17 heavy (non-hydrogen) atoms. The molecule has 1 amide bonds. The van der Waals surface area contributed by atoms with Crippen molar-refractivity contribution in [3.05, 3.63) is 0 Å².